The molecule has 0 bridgehead atoms. The summed E-state index contributed by atoms with van der Waals surface area (Å²) in [5.41, 5.74) is 0. The van der Waals surface area contributed by atoms with Gasteiger partial charge in [-0.25, -0.2) is 0 Å². The number of carboxylic acids is 1. The number of rotatable bonds is 14. The van der Waals surface area contributed by atoms with Gasteiger partial charge < -0.3 is 5.11 Å². The monoisotopic (exact) mass is 270 g/mol. The molecule has 0 saturated carbocycles. The molecule has 0 amide bonds. The quantitative estimate of drug-likeness (QED) is 0.405. The molecule has 114 valence electrons. The lowest BCUT2D eigenvalue weighted by atomic mass is 9.92. The molecule has 0 aliphatic carbocycles. The smallest absolute Gasteiger partial charge is 0.303 e. The van der Waals surface area contributed by atoms with Crippen molar-refractivity contribution in [2.45, 2.75) is 97.3 Å². The van der Waals surface area contributed by atoms with Crippen LogP contribution in [-0.4, -0.2) is 11.1 Å². The van der Waals surface area contributed by atoms with Crippen molar-refractivity contribution in [3.05, 3.63) is 0 Å². The highest BCUT2D eigenvalue weighted by molar-refractivity contribution is 5.66. The molecule has 0 radical (unpaired) electrons. The maximum absolute atomic E-state index is 10.3. The average Bonchev–Trinajstić information content (AvgIpc) is 2.37. The van der Waals surface area contributed by atoms with E-state index >= 15 is 0 Å². The van der Waals surface area contributed by atoms with Crippen molar-refractivity contribution >= 4 is 5.97 Å². The van der Waals surface area contributed by atoms with Gasteiger partial charge in [0, 0.05) is 6.42 Å². The SMILES string of the molecule is CCCC(CCC)CCCCCCCCCC(=O)O. The van der Waals surface area contributed by atoms with Crippen LogP contribution in [0.15, 0.2) is 0 Å². The fourth-order valence-corrected chi connectivity index (χ4v) is 2.84. The van der Waals surface area contributed by atoms with E-state index in [2.05, 4.69) is 13.8 Å². The summed E-state index contributed by atoms with van der Waals surface area (Å²) < 4.78 is 0. The lowest BCUT2D eigenvalue weighted by Gasteiger charge is -2.14. The van der Waals surface area contributed by atoms with Crippen molar-refractivity contribution in [1.29, 1.82) is 0 Å². The van der Waals surface area contributed by atoms with Crippen LogP contribution >= 0.6 is 0 Å². The molecule has 0 aromatic carbocycles. The second kappa shape index (κ2) is 13.9. The minimum atomic E-state index is -0.655. The van der Waals surface area contributed by atoms with Crippen LogP contribution < -0.4 is 0 Å². The molecule has 0 rings (SSSR count). The van der Waals surface area contributed by atoms with Gasteiger partial charge in [0.2, 0.25) is 0 Å². The molecular formula is C17H34O2. The topological polar surface area (TPSA) is 37.3 Å². The zero-order chi connectivity index (χ0) is 14.3. The van der Waals surface area contributed by atoms with E-state index < -0.39 is 5.97 Å². The summed E-state index contributed by atoms with van der Waals surface area (Å²) in [7, 11) is 0. The van der Waals surface area contributed by atoms with Crippen molar-refractivity contribution in [1.82, 2.24) is 0 Å². The highest BCUT2D eigenvalue weighted by Gasteiger charge is 2.05. The highest BCUT2D eigenvalue weighted by atomic mass is 16.4. The molecule has 1 N–H and O–H groups in total. The zero-order valence-electron chi connectivity index (χ0n) is 13.1. The second-order valence-corrected chi connectivity index (χ2v) is 5.85. The Hall–Kier alpha value is -0.530. The predicted octanol–water partition coefficient (Wildman–Crippen LogP) is 5.80. The van der Waals surface area contributed by atoms with Gasteiger partial charge in [0.15, 0.2) is 0 Å². The number of carboxylic acid groups (broad SMARTS) is 1. The lowest BCUT2D eigenvalue weighted by molar-refractivity contribution is -0.137. The number of hydrogen-bond acceptors (Lipinski definition) is 1. The maximum Gasteiger partial charge on any atom is 0.303 e. The van der Waals surface area contributed by atoms with E-state index in [4.69, 9.17) is 5.11 Å². The van der Waals surface area contributed by atoms with Gasteiger partial charge in [0.1, 0.15) is 0 Å². The lowest BCUT2D eigenvalue weighted by Crippen LogP contribution is -1.99. The fourth-order valence-electron chi connectivity index (χ4n) is 2.84. The van der Waals surface area contributed by atoms with Crippen LogP contribution in [0.25, 0.3) is 0 Å². The predicted molar refractivity (Wildman–Crippen MR) is 82.5 cm³/mol. The molecule has 0 saturated heterocycles. The number of hydrogen-bond donors (Lipinski definition) is 1. The number of aliphatic carboxylic acids is 1. The Morgan fingerprint density at radius 2 is 1.26 bits per heavy atom. The second-order valence-electron chi connectivity index (χ2n) is 5.85. The number of carbonyl (C=O) groups is 1. The molecule has 2 heteroatoms. The summed E-state index contributed by atoms with van der Waals surface area (Å²) in [6.07, 6.45) is 15.7. The molecular weight excluding hydrogens is 236 g/mol. The van der Waals surface area contributed by atoms with Crippen LogP contribution in [0, 0.1) is 5.92 Å². The summed E-state index contributed by atoms with van der Waals surface area (Å²) in [5, 5.41) is 8.53. The fraction of sp³-hybridized carbons (Fsp3) is 0.941. The molecule has 0 atom stereocenters. The van der Waals surface area contributed by atoms with Gasteiger partial charge in [-0.2, -0.15) is 0 Å². The van der Waals surface area contributed by atoms with Crippen molar-refractivity contribution < 1.29 is 9.90 Å². The van der Waals surface area contributed by atoms with Crippen LogP contribution in [0.1, 0.15) is 97.3 Å². The zero-order valence-corrected chi connectivity index (χ0v) is 13.1. The van der Waals surface area contributed by atoms with Gasteiger partial charge in [0.05, 0.1) is 0 Å². The Morgan fingerprint density at radius 1 is 0.789 bits per heavy atom. The van der Waals surface area contributed by atoms with Gasteiger partial charge in [0.25, 0.3) is 0 Å². The van der Waals surface area contributed by atoms with E-state index in [1.807, 2.05) is 0 Å². The van der Waals surface area contributed by atoms with E-state index in [-0.39, 0.29) is 0 Å². The summed E-state index contributed by atoms with van der Waals surface area (Å²) in [6.45, 7) is 4.58. The van der Waals surface area contributed by atoms with Crippen molar-refractivity contribution in [3.8, 4) is 0 Å². The van der Waals surface area contributed by atoms with E-state index in [1.165, 1.54) is 64.2 Å². The normalized spacial score (nSPS) is 11.1. The molecule has 0 aromatic heterocycles. The molecule has 0 heterocycles. The van der Waals surface area contributed by atoms with Gasteiger partial charge in [-0.3, -0.25) is 4.79 Å². The van der Waals surface area contributed by atoms with Gasteiger partial charge >= 0.3 is 5.97 Å². The standard InChI is InChI=1S/C17H34O2/c1-3-12-16(13-4-2)14-10-8-6-5-7-9-11-15-17(18)19/h16H,3-15H2,1-2H3,(H,18,19). The molecule has 0 fully saturated rings. The molecule has 0 aromatic rings. The number of unbranched alkanes of at least 4 members (excludes halogenated alkanes) is 6. The summed E-state index contributed by atoms with van der Waals surface area (Å²) >= 11 is 0. The van der Waals surface area contributed by atoms with Crippen LogP contribution in [0.2, 0.25) is 0 Å². The van der Waals surface area contributed by atoms with Crippen LogP contribution in [-0.2, 0) is 4.79 Å². The Balaban J connectivity index is 3.26. The summed E-state index contributed by atoms with van der Waals surface area (Å²) in [5.74, 6) is 0.309. The Kier molecular flexibility index (Phi) is 13.5. The van der Waals surface area contributed by atoms with Gasteiger partial charge in [-0.05, 0) is 12.3 Å². The van der Waals surface area contributed by atoms with Gasteiger partial charge in [-0.15, -0.1) is 0 Å². The van der Waals surface area contributed by atoms with Crippen LogP contribution in [0.3, 0.4) is 0 Å². The van der Waals surface area contributed by atoms with E-state index in [9.17, 15) is 4.79 Å². The first kappa shape index (κ1) is 18.5. The minimum absolute atomic E-state index is 0.343. The Bertz CT molecular complexity index is 195. The maximum atomic E-state index is 10.3. The van der Waals surface area contributed by atoms with Crippen molar-refractivity contribution in [2.24, 2.45) is 5.92 Å². The molecule has 19 heavy (non-hydrogen) atoms. The third kappa shape index (κ3) is 13.7. The summed E-state index contributed by atoms with van der Waals surface area (Å²) in [4.78, 5) is 10.3. The largest absolute Gasteiger partial charge is 0.481 e. The molecule has 0 aliphatic rings. The van der Waals surface area contributed by atoms with E-state index in [0.29, 0.717) is 6.42 Å². The first-order valence-electron chi connectivity index (χ1n) is 8.42. The van der Waals surface area contributed by atoms with E-state index in [0.717, 1.165) is 18.8 Å². The van der Waals surface area contributed by atoms with Gasteiger partial charge in [-0.1, -0.05) is 84.5 Å². The first-order chi connectivity index (χ1) is 9.20. The molecule has 0 aliphatic heterocycles. The minimum Gasteiger partial charge on any atom is -0.481 e. The first-order valence-corrected chi connectivity index (χ1v) is 8.42. The van der Waals surface area contributed by atoms with Crippen molar-refractivity contribution in [2.75, 3.05) is 0 Å². The highest BCUT2D eigenvalue weighted by Crippen LogP contribution is 2.21. The third-order valence-electron chi connectivity index (χ3n) is 3.90. The van der Waals surface area contributed by atoms with Crippen molar-refractivity contribution in [3.63, 3.8) is 0 Å². The van der Waals surface area contributed by atoms with Crippen LogP contribution in [0.5, 0.6) is 0 Å². The van der Waals surface area contributed by atoms with Crippen LogP contribution in [0.4, 0.5) is 0 Å². The third-order valence-corrected chi connectivity index (χ3v) is 3.90. The molecule has 2 nitrogen and oxygen atoms in total. The molecule has 0 spiro atoms. The van der Waals surface area contributed by atoms with E-state index in [1.54, 1.807) is 0 Å². The summed E-state index contributed by atoms with van der Waals surface area (Å²) in [6, 6.07) is 0. The Labute approximate surface area is 120 Å². The molecule has 0 unspecified atom stereocenters. The average molecular weight is 270 g/mol. The Morgan fingerprint density at radius 3 is 1.74 bits per heavy atom.